The van der Waals surface area contributed by atoms with Crippen LogP contribution in [0.2, 0.25) is 0 Å². The molecule has 0 saturated heterocycles. The van der Waals surface area contributed by atoms with Gasteiger partial charge in [-0.15, -0.1) is 0 Å². The summed E-state index contributed by atoms with van der Waals surface area (Å²) in [5, 5.41) is 0. The molecule has 4 rings (SSSR count). The number of rotatable bonds is 4. The molecule has 4 heteroatoms. The summed E-state index contributed by atoms with van der Waals surface area (Å²) in [5.74, 6) is 0.882. The molecule has 3 aromatic rings. The van der Waals surface area contributed by atoms with E-state index in [0.29, 0.717) is 0 Å². The predicted octanol–water partition coefficient (Wildman–Crippen LogP) is 3.87. The Morgan fingerprint density at radius 1 is 1.16 bits per heavy atom. The minimum absolute atomic E-state index is 0.167. The Morgan fingerprint density at radius 2 is 1.96 bits per heavy atom. The molecule has 0 unspecified atom stereocenters. The van der Waals surface area contributed by atoms with Crippen LogP contribution in [0.25, 0.3) is 0 Å². The van der Waals surface area contributed by atoms with Crippen molar-refractivity contribution in [1.82, 2.24) is 14.9 Å². The van der Waals surface area contributed by atoms with E-state index in [-0.39, 0.29) is 6.04 Å². The van der Waals surface area contributed by atoms with E-state index in [1.54, 1.807) is 7.11 Å². The summed E-state index contributed by atoms with van der Waals surface area (Å²) in [7, 11) is 1.70. The van der Waals surface area contributed by atoms with Crippen LogP contribution >= 0.6 is 0 Å². The molecule has 0 aliphatic carbocycles. The van der Waals surface area contributed by atoms with Gasteiger partial charge in [0.15, 0.2) is 0 Å². The number of nitrogens with one attached hydrogen (secondary N) is 1. The molecule has 4 nitrogen and oxygen atoms in total. The number of imidazole rings is 1. The number of hydrogen-bond donors (Lipinski definition) is 1. The lowest BCUT2D eigenvalue weighted by Crippen LogP contribution is -2.36. The van der Waals surface area contributed by atoms with Gasteiger partial charge in [0.25, 0.3) is 0 Å². The topological polar surface area (TPSA) is 41.1 Å². The summed E-state index contributed by atoms with van der Waals surface area (Å²) in [5.41, 5.74) is 6.36. The van der Waals surface area contributed by atoms with Crippen LogP contribution in [0.3, 0.4) is 0 Å². The van der Waals surface area contributed by atoms with Crippen LogP contribution in [0.1, 0.15) is 34.1 Å². The smallest absolute Gasteiger partial charge is 0.118 e. The Kier molecular flexibility index (Phi) is 4.28. The SMILES string of the molecule is COc1ccc([C@@H]2c3nc[nH]c3CCN2Cc2ccccc2C)cc1. The van der Waals surface area contributed by atoms with E-state index in [4.69, 9.17) is 4.74 Å². The average molecular weight is 333 g/mol. The Hall–Kier alpha value is -2.59. The van der Waals surface area contributed by atoms with Gasteiger partial charge in [-0.2, -0.15) is 0 Å². The Balaban J connectivity index is 1.71. The van der Waals surface area contributed by atoms with Crippen LogP contribution < -0.4 is 4.74 Å². The van der Waals surface area contributed by atoms with Gasteiger partial charge in [0.1, 0.15) is 5.75 Å². The summed E-state index contributed by atoms with van der Waals surface area (Å²) in [6.07, 6.45) is 2.83. The standard InChI is InChI=1S/C21H23N3O/c1-15-5-3-4-6-17(15)13-24-12-11-19-20(23-14-22-19)21(24)16-7-9-18(25-2)10-8-16/h3-10,14,21H,11-13H2,1-2H3,(H,22,23)/t21-/m1/s1. The minimum Gasteiger partial charge on any atom is -0.497 e. The molecule has 1 aliphatic heterocycles. The van der Waals surface area contributed by atoms with Gasteiger partial charge in [-0.05, 0) is 35.7 Å². The number of benzene rings is 2. The number of aryl methyl sites for hydroxylation is 1. The third-order valence-corrected chi connectivity index (χ3v) is 5.09. The maximum absolute atomic E-state index is 5.31. The Labute approximate surface area is 148 Å². The number of nitrogens with zero attached hydrogens (tertiary/aromatic N) is 2. The molecule has 0 radical (unpaired) electrons. The monoisotopic (exact) mass is 333 g/mol. The number of aromatic nitrogens is 2. The van der Waals surface area contributed by atoms with Crippen LogP contribution in [0, 0.1) is 6.92 Å². The van der Waals surface area contributed by atoms with E-state index >= 15 is 0 Å². The lowest BCUT2D eigenvalue weighted by atomic mass is 9.94. The highest BCUT2D eigenvalue weighted by Gasteiger charge is 2.31. The highest BCUT2D eigenvalue weighted by molar-refractivity contribution is 5.37. The van der Waals surface area contributed by atoms with Gasteiger partial charge in [-0.3, -0.25) is 4.90 Å². The van der Waals surface area contributed by atoms with Crippen LogP contribution in [0.4, 0.5) is 0 Å². The van der Waals surface area contributed by atoms with E-state index in [0.717, 1.165) is 31.0 Å². The number of methoxy groups -OCH3 is 1. The van der Waals surface area contributed by atoms with Gasteiger partial charge in [0, 0.05) is 25.2 Å². The van der Waals surface area contributed by atoms with Crippen molar-refractivity contribution in [2.75, 3.05) is 13.7 Å². The van der Waals surface area contributed by atoms with E-state index in [2.05, 4.69) is 58.2 Å². The van der Waals surface area contributed by atoms with Crippen LogP contribution in [0.5, 0.6) is 5.75 Å². The van der Waals surface area contributed by atoms with Crippen molar-refractivity contribution in [3.8, 4) is 5.75 Å². The van der Waals surface area contributed by atoms with Crippen molar-refractivity contribution in [2.24, 2.45) is 0 Å². The molecular formula is C21H23N3O. The molecule has 0 amide bonds. The fourth-order valence-electron chi connectivity index (χ4n) is 3.66. The van der Waals surface area contributed by atoms with Gasteiger partial charge in [-0.1, -0.05) is 36.4 Å². The number of H-pyrrole nitrogens is 1. The number of ether oxygens (including phenoxy) is 1. The first-order valence-electron chi connectivity index (χ1n) is 8.71. The molecule has 0 spiro atoms. The third kappa shape index (κ3) is 3.05. The Bertz CT molecular complexity index is 854. The zero-order valence-corrected chi connectivity index (χ0v) is 14.7. The van der Waals surface area contributed by atoms with Crippen molar-refractivity contribution in [1.29, 1.82) is 0 Å². The average Bonchev–Trinajstić information content (AvgIpc) is 3.12. The molecule has 1 aromatic heterocycles. The maximum atomic E-state index is 5.31. The second-order valence-corrected chi connectivity index (χ2v) is 6.59. The highest BCUT2D eigenvalue weighted by atomic mass is 16.5. The molecule has 0 saturated carbocycles. The molecule has 1 N–H and O–H groups in total. The largest absolute Gasteiger partial charge is 0.497 e. The van der Waals surface area contributed by atoms with Gasteiger partial charge in [0.05, 0.1) is 25.2 Å². The summed E-state index contributed by atoms with van der Waals surface area (Å²) >= 11 is 0. The summed E-state index contributed by atoms with van der Waals surface area (Å²) in [4.78, 5) is 10.5. The molecule has 0 bridgehead atoms. The van der Waals surface area contributed by atoms with Crippen molar-refractivity contribution < 1.29 is 4.74 Å². The van der Waals surface area contributed by atoms with E-state index in [9.17, 15) is 0 Å². The summed E-state index contributed by atoms with van der Waals surface area (Å²) in [6.45, 7) is 4.12. The van der Waals surface area contributed by atoms with Gasteiger partial charge >= 0.3 is 0 Å². The molecule has 2 aromatic carbocycles. The quantitative estimate of drug-likeness (QED) is 0.788. The molecule has 1 aliphatic rings. The minimum atomic E-state index is 0.167. The van der Waals surface area contributed by atoms with Crippen molar-refractivity contribution in [2.45, 2.75) is 25.9 Å². The number of hydrogen-bond acceptors (Lipinski definition) is 3. The van der Waals surface area contributed by atoms with Crippen molar-refractivity contribution in [3.63, 3.8) is 0 Å². The predicted molar refractivity (Wildman–Crippen MR) is 98.7 cm³/mol. The molecule has 25 heavy (non-hydrogen) atoms. The van der Waals surface area contributed by atoms with E-state index in [1.165, 1.54) is 22.4 Å². The third-order valence-electron chi connectivity index (χ3n) is 5.09. The van der Waals surface area contributed by atoms with E-state index < -0.39 is 0 Å². The van der Waals surface area contributed by atoms with Crippen molar-refractivity contribution in [3.05, 3.63) is 82.9 Å². The summed E-state index contributed by atoms with van der Waals surface area (Å²) in [6, 6.07) is 17.2. The molecular weight excluding hydrogens is 310 g/mol. The maximum Gasteiger partial charge on any atom is 0.118 e. The van der Waals surface area contributed by atoms with Crippen LogP contribution in [-0.2, 0) is 13.0 Å². The first-order chi connectivity index (χ1) is 12.3. The second kappa shape index (κ2) is 6.73. The fourth-order valence-corrected chi connectivity index (χ4v) is 3.66. The van der Waals surface area contributed by atoms with E-state index in [1.807, 2.05) is 18.5 Å². The molecule has 2 heterocycles. The van der Waals surface area contributed by atoms with Crippen molar-refractivity contribution >= 4 is 0 Å². The fraction of sp³-hybridized carbons (Fsp3) is 0.286. The lowest BCUT2D eigenvalue weighted by Gasteiger charge is -2.35. The number of aromatic amines is 1. The zero-order valence-electron chi connectivity index (χ0n) is 14.7. The Morgan fingerprint density at radius 3 is 2.72 bits per heavy atom. The lowest BCUT2D eigenvalue weighted by molar-refractivity contribution is 0.200. The first kappa shape index (κ1) is 15.9. The molecule has 0 fully saturated rings. The van der Waals surface area contributed by atoms with Gasteiger partial charge in [-0.25, -0.2) is 4.98 Å². The summed E-state index contributed by atoms with van der Waals surface area (Å²) < 4.78 is 5.31. The van der Waals surface area contributed by atoms with Gasteiger partial charge < -0.3 is 9.72 Å². The highest BCUT2D eigenvalue weighted by Crippen LogP contribution is 2.35. The molecule has 128 valence electrons. The number of fused-ring (bicyclic) bond motifs is 1. The van der Waals surface area contributed by atoms with Crippen LogP contribution in [0.15, 0.2) is 54.9 Å². The zero-order chi connectivity index (χ0) is 17.2. The van der Waals surface area contributed by atoms with Gasteiger partial charge in [0.2, 0.25) is 0 Å². The van der Waals surface area contributed by atoms with Crippen LogP contribution in [-0.4, -0.2) is 28.5 Å². The molecule has 1 atom stereocenters. The normalized spacial score (nSPS) is 17.3. The first-order valence-corrected chi connectivity index (χ1v) is 8.71. The second-order valence-electron chi connectivity index (χ2n) is 6.59.